The number of ether oxygens (including phenoxy) is 2. The van der Waals surface area contributed by atoms with Crippen LogP contribution >= 0.6 is 0 Å². The highest BCUT2D eigenvalue weighted by atomic mass is 28.3. The van der Waals surface area contributed by atoms with E-state index in [4.69, 9.17) is 14.5 Å². The zero-order valence-electron chi connectivity index (χ0n) is 22.6. The summed E-state index contributed by atoms with van der Waals surface area (Å²) in [7, 11) is -1.19. The predicted molar refractivity (Wildman–Crippen MR) is 142 cm³/mol. The molecule has 1 N–H and O–H groups in total. The molecule has 1 saturated heterocycles. The van der Waals surface area contributed by atoms with Crippen molar-refractivity contribution >= 4 is 31.2 Å². The number of nitrogens with one attached hydrogen (secondary N) is 1. The van der Waals surface area contributed by atoms with Gasteiger partial charge in [-0.1, -0.05) is 19.6 Å². The molecule has 1 unspecified atom stereocenters. The summed E-state index contributed by atoms with van der Waals surface area (Å²) in [6.45, 7) is 14.6. The first-order chi connectivity index (χ1) is 16.9. The summed E-state index contributed by atoms with van der Waals surface area (Å²) in [5.41, 5.74) is 2.18. The van der Waals surface area contributed by atoms with E-state index < -0.39 is 13.7 Å². The molecule has 1 aliphatic heterocycles. The van der Waals surface area contributed by atoms with Gasteiger partial charge in [0.2, 0.25) is 0 Å². The second kappa shape index (κ2) is 10.5. The van der Waals surface area contributed by atoms with Gasteiger partial charge in [0.05, 0.1) is 17.5 Å². The minimum absolute atomic E-state index is 0.148. The minimum Gasteiger partial charge on any atom is -0.444 e. The van der Waals surface area contributed by atoms with Crippen molar-refractivity contribution in [2.45, 2.75) is 96.4 Å². The van der Waals surface area contributed by atoms with Crippen LogP contribution in [0.25, 0.3) is 11.2 Å². The fraction of sp³-hybridized carbons (Fsp3) is 0.692. The SMILES string of the molecule is CC(C)(C)OC(=O)N1CCCC(NC(=O)c2cn(COCC[Si](C)(C)C)c3ncc(C4CC4)nc23)C1. The van der Waals surface area contributed by atoms with Gasteiger partial charge in [-0.15, -0.1) is 0 Å². The third-order valence-electron chi connectivity index (χ3n) is 6.46. The molecule has 1 aliphatic carbocycles. The third-order valence-corrected chi connectivity index (χ3v) is 8.16. The van der Waals surface area contributed by atoms with Crippen molar-refractivity contribution in [2.75, 3.05) is 19.7 Å². The average molecular weight is 516 g/mol. The lowest BCUT2D eigenvalue weighted by Crippen LogP contribution is -2.50. The Morgan fingerprint density at radius 2 is 1.94 bits per heavy atom. The first kappa shape index (κ1) is 26.6. The van der Waals surface area contributed by atoms with Gasteiger partial charge >= 0.3 is 6.09 Å². The molecule has 3 heterocycles. The van der Waals surface area contributed by atoms with Crippen LogP contribution in [0.15, 0.2) is 12.4 Å². The molecule has 1 atom stereocenters. The number of fused-ring (bicyclic) bond motifs is 1. The van der Waals surface area contributed by atoms with Gasteiger partial charge in [0.1, 0.15) is 17.8 Å². The highest BCUT2D eigenvalue weighted by molar-refractivity contribution is 6.76. The normalized spacial score (nSPS) is 18.9. The van der Waals surface area contributed by atoms with Gasteiger partial charge in [0.25, 0.3) is 5.91 Å². The Labute approximate surface area is 214 Å². The van der Waals surface area contributed by atoms with E-state index in [1.165, 1.54) is 0 Å². The molecule has 0 spiro atoms. The van der Waals surface area contributed by atoms with Crippen LogP contribution in [0.5, 0.6) is 0 Å². The molecule has 10 heteroatoms. The lowest BCUT2D eigenvalue weighted by Gasteiger charge is -2.34. The minimum atomic E-state index is -1.19. The fourth-order valence-corrected chi connectivity index (χ4v) is 5.05. The summed E-state index contributed by atoms with van der Waals surface area (Å²) in [6.07, 6.45) is 7.15. The Balaban J connectivity index is 1.48. The van der Waals surface area contributed by atoms with Crippen molar-refractivity contribution in [2.24, 2.45) is 0 Å². The van der Waals surface area contributed by atoms with Crippen LogP contribution in [0.2, 0.25) is 25.7 Å². The van der Waals surface area contributed by atoms with Crippen LogP contribution in [0, 0.1) is 0 Å². The van der Waals surface area contributed by atoms with Gasteiger partial charge in [-0.25, -0.2) is 14.8 Å². The Kier molecular flexibility index (Phi) is 7.75. The fourth-order valence-electron chi connectivity index (χ4n) is 4.30. The third kappa shape index (κ3) is 7.06. The molecule has 2 fully saturated rings. The van der Waals surface area contributed by atoms with Crippen molar-refractivity contribution in [1.29, 1.82) is 0 Å². The van der Waals surface area contributed by atoms with Gasteiger partial charge in [-0.2, -0.15) is 0 Å². The molecule has 2 aromatic heterocycles. The standard InChI is InChI=1S/C26H41N5O4Si/c1-26(2,3)35-25(33)30-11-7-8-19(15-30)28-24(32)20-16-31(17-34-12-13-36(4,5)6)23-22(20)29-21(14-27-23)18-9-10-18/h14,16,18-19H,7-13,15,17H2,1-6H3,(H,28,32). The maximum absolute atomic E-state index is 13.4. The molecular formula is C26H41N5O4Si. The number of likely N-dealkylation sites (tertiary alicyclic amines) is 1. The van der Waals surface area contributed by atoms with E-state index in [2.05, 4.69) is 29.9 Å². The molecule has 2 aromatic rings. The molecule has 2 amide bonds. The Bertz CT molecular complexity index is 1100. The topological polar surface area (TPSA) is 98.6 Å². The zero-order chi connectivity index (χ0) is 26.1. The van der Waals surface area contributed by atoms with E-state index in [-0.39, 0.29) is 18.0 Å². The van der Waals surface area contributed by atoms with Crippen molar-refractivity contribution in [3.8, 4) is 0 Å². The number of hydrogen-bond donors (Lipinski definition) is 1. The molecule has 9 nitrogen and oxygen atoms in total. The van der Waals surface area contributed by atoms with Crippen LogP contribution in [0.4, 0.5) is 4.79 Å². The Hall–Kier alpha value is -2.46. The quantitative estimate of drug-likeness (QED) is 0.402. The largest absolute Gasteiger partial charge is 0.444 e. The zero-order valence-corrected chi connectivity index (χ0v) is 23.6. The lowest BCUT2D eigenvalue weighted by molar-refractivity contribution is 0.0185. The van der Waals surface area contributed by atoms with Crippen molar-refractivity contribution in [3.05, 3.63) is 23.7 Å². The lowest BCUT2D eigenvalue weighted by atomic mass is 10.1. The van der Waals surface area contributed by atoms with E-state index in [1.807, 2.05) is 31.5 Å². The van der Waals surface area contributed by atoms with Crippen molar-refractivity contribution in [3.63, 3.8) is 0 Å². The monoisotopic (exact) mass is 515 g/mol. The molecule has 0 aromatic carbocycles. The Morgan fingerprint density at radius 1 is 1.19 bits per heavy atom. The summed E-state index contributed by atoms with van der Waals surface area (Å²) in [5.74, 6) is 0.244. The number of hydrogen-bond acceptors (Lipinski definition) is 6. The van der Waals surface area contributed by atoms with Crippen LogP contribution in [0.1, 0.15) is 68.4 Å². The molecular weight excluding hydrogens is 474 g/mol. The molecule has 0 radical (unpaired) electrons. The Morgan fingerprint density at radius 3 is 2.61 bits per heavy atom. The van der Waals surface area contributed by atoms with Crippen molar-refractivity contribution in [1.82, 2.24) is 24.8 Å². The highest BCUT2D eigenvalue weighted by Gasteiger charge is 2.30. The summed E-state index contributed by atoms with van der Waals surface area (Å²) in [4.78, 5) is 37.2. The molecule has 2 aliphatic rings. The second-order valence-corrected chi connectivity index (χ2v) is 18.0. The smallest absolute Gasteiger partial charge is 0.410 e. The van der Waals surface area contributed by atoms with Crippen LogP contribution in [-0.2, 0) is 16.2 Å². The maximum atomic E-state index is 13.4. The molecule has 0 bridgehead atoms. The van der Waals surface area contributed by atoms with Crippen molar-refractivity contribution < 1.29 is 19.1 Å². The average Bonchev–Trinajstić information content (AvgIpc) is 3.57. The first-order valence-electron chi connectivity index (χ1n) is 13.1. The van der Waals surface area contributed by atoms with Crippen LogP contribution in [-0.4, -0.2) is 70.8 Å². The van der Waals surface area contributed by atoms with E-state index in [9.17, 15) is 9.59 Å². The van der Waals surface area contributed by atoms with E-state index in [1.54, 1.807) is 11.1 Å². The number of carbonyl (C=O) groups excluding carboxylic acids is 2. The number of nitrogens with zero attached hydrogens (tertiary/aromatic N) is 4. The highest BCUT2D eigenvalue weighted by Crippen LogP contribution is 2.39. The van der Waals surface area contributed by atoms with Gasteiger partial charge in [-0.05, 0) is 52.5 Å². The van der Waals surface area contributed by atoms with Gasteiger partial charge in [-0.3, -0.25) is 4.79 Å². The predicted octanol–water partition coefficient (Wildman–Crippen LogP) is 4.75. The number of rotatable bonds is 8. The summed E-state index contributed by atoms with van der Waals surface area (Å²) < 4.78 is 13.4. The van der Waals surface area contributed by atoms with E-state index in [0.29, 0.717) is 49.1 Å². The summed E-state index contributed by atoms with van der Waals surface area (Å²) >= 11 is 0. The summed E-state index contributed by atoms with van der Waals surface area (Å²) in [5, 5.41) is 3.14. The van der Waals surface area contributed by atoms with Gasteiger partial charge < -0.3 is 24.3 Å². The van der Waals surface area contributed by atoms with Gasteiger partial charge in [0.15, 0.2) is 5.65 Å². The molecule has 4 rings (SSSR count). The number of carbonyl (C=O) groups is 2. The molecule has 1 saturated carbocycles. The number of amides is 2. The molecule has 36 heavy (non-hydrogen) atoms. The van der Waals surface area contributed by atoms with E-state index in [0.717, 1.165) is 37.4 Å². The number of piperidine rings is 1. The molecule has 198 valence electrons. The second-order valence-electron chi connectivity index (χ2n) is 12.3. The van der Waals surface area contributed by atoms with E-state index >= 15 is 0 Å². The number of aromatic nitrogens is 3. The summed E-state index contributed by atoms with van der Waals surface area (Å²) in [6, 6.07) is 0.928. The first-order valence-corrected chi connectivity index (χ1v) is 16.8. The van der Waals surface area contributed by atoms with Crippen LogP contribution < -0.4 is 5.32 Å². The maximum Gasteiger partial charge on any atom is 0.410 e. The van der Waals surface area contributed by atoms with Gasteiger partial charge in [0, 0.05) is 45.9 Å². The van der Waals surface area contributed by atoms with Crippen LogP contribution in [0.3, 0.4) is 0 Å².